The molecule has 0 N–H and O–H groups in total. The van der Waals surface area contributed by atoms with Gasteiger partial charge < -0.3 is 14.2 Å². The van der Waals surface area contributed by atoms with Gasteiger partial charge in [0.05, 0.1) is 10.2 Å². The first-order valence-electron chi connectivity index (χ1n) is 11.4. The molecular formula is C29H21FINO4. The van der Waals surface area contributed by atoms with Crippen LogP contribution in [0.2, 0.25) is 0 Å². The lowest BCUT2D eigenvalue weighted by atomic mass is 10.1. The molecule has 0 radical (unpaired) electrons. The molecule has 0 unspecified atom stereocenters. The molecule has 0 fully saturated rings. The highest BCUT2D eigenvalue weighted by atomic mass is 127. The number of fused-ring (bicyclic) bond motifs is 1. The molecule has 0 aromatic heterocycles. The molecule has 4 aromatic carbocycles. The molecule has 5 rings (SSSR count). The molecule has 0 saturated heterocycles. The fraction of sp³-hybridized carbons (Fsp3) is 0.103. The Bertz CT molecular complexity index is 1530. The molecule has 0 saturated carbocycles. The first kappa shape index (κ1) is 24.0. The van der Waals surface area contributed by atoms with E-state index in [0.29, 0.717) is 29.2 Å². The minimum atomic E-state index is -0.522. The summed E-state index contributed by atoms with van der Waals surface area (Å²) in [7, 11) is 0. The third-order valence-corrected chi connectivity index (χ3v) is 6.38. The predicted octanol–water partition coefficient (Wildman–Crippen LogP) is 6.91. The first-order chi connectivity index (χ1) is 17.5. The Morgan fingerprint density at radius 1 is 0.972 bits per heavy atom. The number of hydrogen-bond acceptors (Lipinski definition) is 5. The first-order valence-corrected chi connectivity index (χ1v) is 12.4. The molecule has 1 aliphatic rings. The van der Waals surface area contributed by atoms with Crippen molar-refractivity contribution in [2.24, 2.45) is 4.99 Å². The topological polar surface area (TPSA) is 57.1 Å². The van der Waals surface area contributed by atoms with Crippen molar-refractivity contribution in [2.45, 2.75) is 13.5 Å². The fourth-order valence-electron chi connectivity index (χ4n) is 3.85. The monoisotopic (exact) mass is 593 g/mol. The third-order valence-electron chi connectivity index (χ3n) is 5.58. The van der Waals surface area contributed by atoms with Crippen LogP contribution in [-0.4, -0.2) is 18.5 Å². The minimum Gasteiger partial charge on any atom is -0.490 e. The number of hydrogen-bond donors (Lipinski definition) is 0. The van der Waals surface area contributed by atoms with Gasteiger partial charge in [-0.2, -0.15) is 0 Å². The summed E-state index contributed by atoms with van der Waals surface area (Å²) in [6.07, 6.45) is 1.65. The van der Waals surface area contributed by atoms with Gasteiger partial charge in [0.2, 0.25) is 5.90 Å². The Labute approximate surface area is 221 Å². The van der Waals surface area contributed by atoms with Crippen molar-refractivity contribution in [2.75, 3.05) is 6.61 Å². The van der Waals surface area contributed by atoms with Crippen LogP contribution >= 0.6 is 22.6 Å². The van der Waals surface area contributed by atoms with Crippen molar-refractivity contribution in [1.82, 2.24) is 0 Å². The molecular weight excluding hydrogens is 572 g/mol. The van der Waals surface area contributed by atoms with E-state index < -0.39 is 5.97 Å². The third kappa shape index (κ3) is 5.11. The molecule has 0 amide bonds. The predicted molar refractivity (Wildman–Crippen MR) is 146 cm³/mol. The molecule has 1 aliphatic heterocycles. The summed E-state index contributed by atoms with van der Waals surface area (Å²) in [5.41, 5.74) is 2.08. The van der Waals surface area contributed by atoms with Gasteiger partial charge in [-0.1, -0.05) is 48.5 Å². The van der Waals surface area contributed by atoms with E-state index in [2.05, 4.69) is 27.6 Å². The van der Waals surface area contributed by atoms with Crippen molar-refractivity contribution in [3.8, 4) is 11.5 Å². The Hall–Kier alpha value is -3.72. The van der Waals surface area contributed by atoms with E-state index in [-0.39, 0.29) is 24.0 Å². The summed E-state index contributed by atoms with van der Waals surface area (Å²) in [4.78, 5) is 17.0. The smallest absolute Gasteiger partial charge is 0.363 e. The highest BCUT2D eigenvalue weighted by molar-refractivity contribution is 14.1. The second-order valence-electron chi connectivity index (χ2n) is 8.04. The van der Waals surface area contributed by atoms with Gasteiger partial charge in [0.25, 0.3) is 0 Å². The number of aliphatic imine (C=N–C) groups is 1. The number of nitrogens with zero attached hydrogens (tertiary/aromatic N) is 1. The molecule has 0 atom stereocenters. The summed E-state index contributed by atoms with van der Waals surface area (Å²) in [6.45, 7) is 2.35. The molecule has 0 aliphatic carbocycles. The van der Waals surface area contributed by atoms with E-state index in [1.54, 1.807) is 30.3 Å². The summed E-state index contributed by atoms with van der Waals surface area (Å²) in [5.74, 6) is 0.425. The van der Waals surface area contributed by atoms with E-state index in [0.717, 1.165) is 19.9 Å². The van der Waals surface area contributed by atoms with Crippen LogP contribution in [0.4, 0.5) is 4.39 Å². The molecule has 0 spiro atoms. The number of benzene rings is 4. The average molecular weight is 593 g/mol. The van der Waals surface area contributed by atoms with Crippen molar-refractivity contribution >= 4 is 51.3 Å². The average Bonchev–Trinajstić information content (AvgIpc) is 3.24. The maximum absolute atomic E-state index is 14.0. The number of esters is 1. The normalized spacial score (nSPS) is 14.1. The van der Waals surface area contributed by atoms with Gasteiger partial charge in [0.1, 0.15) is 12.4 Å². The number of rotatable bonds is 7. The molecule has 5 nitrogen and oxygen atoms in total. The molecule has 4 aromatic rings. The maximum atomic E-state index is 14.0. The highest BCUT2D eigenvalue weighted by Gasteiger charge is 2.25. The number of cyclic esters (lactones) is 1. The van der Waals surface area contributed by atoms with Gasteiger partial charge in [-0.05, 0) is 82.3 Å². The summed E-state index contributed by atoms with van der Waals surface area (Å²) < 4.78 is 32.0. The number of carbonyl (C=O) groups is 1. The quantitative estimate of drug-likeness (QED) is 0.133. The Kier molecular flexibility index (Phi) is 6.99. The number of halogens is 2. The van der Waals surface area contributed by atoms with Gasteiger partial charge in [-0.15, -0.1) is 0 Å². The van der Waals surface area contributed by atoms with Crippen molar-refractivity contribution in [1.29, 1.82) is 0 Å². The second kappa shape index (κ2) is 10.5. The maximum Gasteiger partial charge on any atom is 0.363 e. The van der Waals surface area contributed by atoms with Crippen LogP contribution in [0.3, 0.4) is 0 Å². The standard InChI is InChI=1S/C29H21FINO4/c1-2-34-26-15-18(13-24(31)27(26)35-17-22-9-5-6-10-23(22)30)14-25-29(33)36-28(32-25)21-12-11-19-7-3-4-8-20(19)16-21/h3-16H,2,17H2,1H3/b25-14-. The molecule has 0 bridgehead atoms. The van der Waals surface area contributed by atoms with Crippen molar-refractivity contribution in [3.05, 3.63) is 111 Å². The van der Waals surface area contributed by atoms with Crippen molar-refractivity contribution in [3.63, 3.8) is 0 Å². The highest BCUT2D eigenvalue weighted by Crippen LogP contribution is 2.36. The zero-order chi connectivity index (χ0) is 25.1. The van der Waals surface area contributed by atoms with Crippen LogP contribution in [0, 0.1) is 9.39 Å². The molecule has 7 heteroatoms. The van der Waals surface area contributed by atoms with Gasteiger partial charge in [0, 0.05) is 11.1 Å². The van der Waals surface area contributed by atoms with E-state index in [4.69, 9.17) is 14.2 Å². The lowest BCUT2D eigenvalue weighted by Gasteiger charge is -2.15. The van der Waals surface area contributed by atoms with E-state index in [1.807, 2.05) is 55.5 Å². The summed E-state index contributed by atoms with van der Waals surface area (Å²) in [6, 6.07) is 23.9. The number of ether oxygens (including phenoxy) is 3. The van der Waals surface area contributed by atoms with Gasteiger partial charge >= 0.3 is 5.97 Å². The van der Waals surface area contributed by atoms with Crippen LogP contribution in [-0.2, 0) is 16.1 Å². The molecule has 1 heterocycles. The summed E-state index contributed by atoms with van der Waals surface area (Å²) in [5, 5.41) is 2.13. The van der Waals surface area contributed by atoms with Crippen LogP contribution in [0.25, 0.3) is 16.8 Å². The number of carbonyl (C=O) groups excluding carboxylic acids is 1. The van der Waals surface area contributed by atoms with Gasteiger partial charge in [0.15, 0.2) is 17.2 Å². The SMILES string of the molecule is CCOc1cc(/C=C2\N=C(c3ccc4ccccc4c3)OC2=O)cc(I)c1OCc1ccccc1F. The fourth-order valence-corrected chi connectivity index (χ4v) is 4.63. The Morgan fingerprint density at radius 2 is 1.75 bits per heavy atom. The minimum absolute atomic E-state index is 0.0644. The van der Waals surface area contributed by atoms with E-state index >= 15 is 0 Å². The Balaban J connectivity index is 1.43. The molecule has 180 valence electrons. The van der Waals surface area contributed by atoms with E-state index in [9.17, 15) is 9.18 Å². The second-order valence-corrected chi connectivity index (χ2v) is 9.20. The van der Waals surface area contributed by atoms with Crippen LogP contribution in [0.15, 0.2) is 89.6 Å². The van der Waals surface area contributed by atoms with Gasteiger partial charge in [-0.3, -0.25) is 0 Å². The van der Waals surface area contributed by atoms with Crippen LogP contribution < -0.4 is 9.47 Å². The van der Waals surface area contributed by atoms with Crippen LogP contribution in [0.5, 0.6) is 11.5 Å². The Morgan fingerprint density at radius 3 is 2.56 bits per heavy atom. The summed E-state index contributed by atoms with van der Waals surface area (Å²) >= 11 is 2.14. The zero-order valence-electron chi connectivity index (χ0n) is 19.3. The van der Waals surface area contributed by atoms with Crippen molar-refractivity contribution < 1.29 is 23.4 Å². The molecule has 36 heavy (non-hydrogen) atoms. The van der Waals surface area contributed by atoms with Gasteiger partial charge in [-0.25, -0.2) is 14.2 Å². The lowest BCUT2D eigenvalue weighted by molar-refractivity contribution is -0.129. The lowest BCUT2D eigenvalue weighted by Crippen LogP contribution is -2.05. The zero-order valence-corrected chi connectivity index (χ0v) is 21.5. The van der Waals surface area contributed by atoms with E-state index in [1.165, 1.54) is 6.07 Å². The largest absolute Gasteiger partial charge is 0.490 e. The van der Waals surface area contributed by atoms with Crippen LogP contribution in [0.1, 0.15) is 23.6 Å².